The van der Waals surface area contributed by atoms with Gasteiger partial charge in [0, 0.05) is 110 Å². The summed E-state index contributed by atoms with van der Waals surface area (Å²) in [5.41, 5.74) is 26.0. The molecule has 0 aliphatic carbocycles. The molecule has 8 bridgehead atoms. The van der Waals surface area contributed by atoms with Gasteiger partial charge in [-0.3, -0.25) is 0 Å². The molecule has 6 aliphatic heterocycles. The number of aromatic nitrogens is 4. The van der Waals surface area contributed by atoms with Gasteiger partial charge >= 0.3 is 0 Å². The fraction of sp³-hybridized carbons (Fsp3) is 0.105. The fourth-order valence-corrected chi connectivity index (χ4v) is 18.1. The van der Waals surface area contributed by atoms with Crippen molar-refractivity contribution in [2.24, 2.45) is 0 Å². The molecule has 0 amide bonds. The number of H-pyrrole nitrogens is 2. The van der Waals surface area contributed by atoms with Crippen LogP contribution in [-0.2, 0) is 0 Å². The summed E-state index contributed by atoms with van der Waals surface area (Å²) in [6.07, 6.45) is 4.56. The lowest BCUT2D eigenvalue weighted by atomic mass is 10.0. The van der Waals surface area contributed by atoms with Crippen molar-refractivity contribution < 1.29 is 0 Å². The maximum atomic E-state index is 5.61. The van der Waals surface area contributed by atoms with Crippen molar-refractivity contribution in [1.82, 2.24) is 19.9 Å². The number of aromatic amines is 2. The van der Waals surface area contributed by atoms with Gasteiger partial charge in [0.2, 0.25) is 0 Å². The van der Waals surface area contributed by atoms with E-state index in [0.717, 1.165) is 116 Å². The van der Waals surface area contributed by atoms with Crippen LogP contribution < -0.4 is 19.6 Å². The van der Waals surface area contributed by atoms with E-state index in [4.69, 9.17) is 9.97 Å². The third-order valence-electron chi connectivity index (χ3n) is 17.6. The van der Waals surface area contributed by atoms with Crippen molar-refractivity contribution in [2.45, 2.75) is 66.9 Å². The number of para-hydroxylation sites is 4. The van der Waals surface area contributed by atoms with Gasteiger partial charge in [-0.2, -0.15) is 0 Å². The highest BCUT2D eigenvalue weighted by molar-refractivity contribution is 8.00. The zero-order valence-electron chi connectivity index (χ0n) is 48.9. The molecule has 0 saturated carbocycles. The minimum atomic E-state index is 0.863. The van der Waals surface area contributed by atoms with Crippen molar-refractivity contribution in [3.8, 4) is 22.3 Å². The second-order valence-corrected chi connectivity index (χ2v) is 27.0. The Bertz CT molecular complexity index is 4690. The number of nitrogens with zero attached hydrogens (tertiary/aromatic N) is 6. The Labute approximate surface area is 529 Å². The third kappa shape index (κ3) is 8.93. The number of fused-ring (bicyclic) bond motifs is 16. The molecule has 0 atom stereocenters. The van der Waals surface area contributed by atoms with Crippen LogP contribution in [0.1, 0.15) is 61.6 Å². The Morgan fingerprint density at radius 2 is 0.602 bits per heavy atom. The fourth-order valence-electron chi connectivity index (χ4n) is 13.5. The molecule has 8 nitrogen and oxygen atoms in total. The predicted octanol–water partition coefficient (Wildman–Crippen LogP) is 21.3. The molecule has 17 rings (SSSR count). The van der Waals surface area contributed by atoms with Crippen molar-refractivity contribution >= 4 is 138 Å². The predicted molar refractivity (Wildman–Crippen MR) is 372 cm³/mol. The minimum absolute atomic E-state index is 0.863. The Morgan fingerprint density at radius 1 is 0.307 bits per heavy atom. The van der Waals surface area contributed by atoms with E-state index in [2.05, 4.69) is 276 Å². The molecule has 6 aliphatic rings. The van der Waals surface area contributed by atoms with E-state index in [0.29, 0.717) is 0 Å². The van der Waals surface area contributed by atoms with Crippen LogP contribution in [0.3, 0.4) is 0 Å². The molecule has 0 radical (unpaired) electrons. The van der Waals surface area contributed by atoms with Gasteiger partial charge in [-0.1, -0.05) is 120 Å². The number of hydrogen-bond donors (Lipinski definition) is 2. The maximum absolute atomic E-state index is 5.61. The van der Waals surface area contributed by atoms with Crippen LogP contribution in [0, 0.1) is 0 Å². The quantitative estimate of drug-likeness (QED) is 0.154. The van der Waals surface area contributed by atoms with Crippen molar-refractivity contribution in [2.75, 3.05) is 45.8 Å². The summed E-state index contributed by atoms with van der Waals surface area (Å²) in [5.74, 6) is 0. The molecule has 0 unspecified atom stereocenters. The summed E-state index contributed by atoms with van der Waals surface area (Å²) >= 11 is 7.38. The SMILES string of the molecule is CCN1c2ccccc2Sc2cc(C3=Cc4cc5[nH]c(cc6nc(cc7[nH]c(cc3n4)cc7-c3ccc4c(c3)Sc3ccccc3N4CC)C=C6c3ccc4c(c3)Sc3ccccc3N4CC)cc5-c3ccc4c(c3)Sc3ccccc3N4CC)ccc21. The molecule has 0 spiro atoms. The van der Waals surface area contributed by atoms with Gasteiger partial charge in [-0.15, -0.1) is 0 Å². The average molecular weight is 1210 g/mol. The normalized spacial score (nSPS) is 14.2. The highest BCUT2D eigenvalue weighted by Crippen LogP contribution is 2.54. The van der Waals surface area contributed by atoms with Crippen LogP contribution in [0.4, 0.5) is 45.5 Å². The van der Waals surface area contributed by atoms with E-state index in [1.165, 1.54) is 84.7 Å². The average Bonchev–Trinajstić information content (AvgIpc) is 3.53. The zero-order valence-corrected chi connectivity index (χ0v) is 52.2. The molecule has 0 fully saturated rings. The lowest BCUT2D eigenvalue weighted by Crippen LogP contribution is -2.19. The number of benzene rings is 8. The van der Waals surface area contributed by atoms with Gasteiger partial charge in [0.25, 0.3) is 0 Å². The first-order valence-corrected chi connectivity index (χ1v) is 33.6. The lowest BCUT2D eigenvalue weighted by Gasteiger charge is -2.32. The first kappa shape index (κ1) is 53.2. The summed E-state index contributed by atoms with van der Waals surface area (Å²) in [5, 5.41) is 0. The van der Waals surface area contributed by atoms with E-state index in [1.54, 1.807) is 0 Å². The monoisotopic (exact) mass is 1210 g/mol. The number of hydrogen-bond acceptors (Lipinski definition) is 10. The lowest BCUT2D eigenvalue weighted by molar-refractivity contribution is 0.979. The van der Waals surface area contributed by atoms with Crippen molar-refractivity contribution in [3.63, 3.8) is 0 Å². The van der Waals surface area contributed by atoms with Gasteiger partial charge in [-0.25, -0.2) is 9.97 Å². The summed E-state index contributed by atoms with van der Waals surface area (Å²) in [6.45, 7) is 12.4. The first-order chi connectivity index (χ1) is 43.3. The van der Waals surface area contributed by atoms with Crippen LogP contribution in [-0.4, -0.2) is 46.1 Å². The molecule has 0 saturated heterocycles. The van der Waals surface area contributed by atoms with E-state index < -0.39 is 0 Å². The topological polar surface area (TPSA) is 70.3 Å². The molecule has 2 N–H and O–H groups in total. The summed E-state index contributed by atoms with van der Waals surface area (Å²) in [6, 6.07) is 76.4. The molecule has 3 aromatic heterocycles. The number of nitrogens with one attached hydrogen (secondary N) is 2. The molecule has 9 heterocycles. The Hall–Kier alpha value is -9.04. The van der Waals surface area contributed by atoms with Crippen LogP contribution in [0.25, 0.3) is 67.6 Å². The van der Waals surface area contributed by atoms with Crippen LogP contribution in [0.2, 0.25) is 0 Å². The second kappa shape index (κ2) is 21.4. The van der Waals surface area contributed by atoms with Crippen LogP contribution in [0.15, 0.2) is 245 Å². The smallest absolute Gasteiger partial charge is 0.0736 e. The number of anilines is 8. The largest absolute Gasteiger partial charge is 0.355 e. The summed E-state index contributed by atoms with van der Waals surface area (Å²) in [4.78, 5) is 38.8. The Kier molecular flexibility index (Phi) is 12.9. The molecular formula is C76H58N8S4. The van der Waals surface area contributed by atoms with Crippen LogP contribution >= 0.6 is 47.0 Å². The zero-order chi connectivity index (χ0) is 58.7. The Balaban J connectivity index is 0.885. The van der Waals surface area contributed by atoms with E-state index in [-0.39, 0.29) is 0 Å². The van der Waals surface area contributed by atoms with Gasteiger partial charge in [0.05, 0.1) is 68.3 Å². The Morgan fingerprint density at radius 3 is 0.932 bits per heavy atom. The van der Waals surface area contributed by atoms with Gasteiger partial charge in [0.1, 0.15) is 0 Å². The van der Waals surface area contributed by atoms with E-state index in [9.17, 15) is 0 Å². The van der Waals surface area contributed by atoms with Crippen molar-refractivity contribution in [3.05, 3.63) is 240 Å². The van der Waals surface area contributed by atoms with Gasteiger partial charge in [-0.05, 0) is 196 Å². The molecule has 8 aromatic carbocycles. The number of rotatable bonds is 8. The van der Waals surface area contributed by atoms with Gasteiger partial charge in [0.15, 0.2) is 0 Å². The molecular weight excluding hydrogens is 1150 g/mol. The second-order valence-electron chi connectivity index (χ2n) is 22.6. The van der Waals surface area contributed by atoms with E-state index >= 15 is 0 Å². The summed E-state index contributed by atoms with van der Waals surface area (Å²) in [7, 11) is 0. The third-order valence-corrected chi connectivity index (χ3v) is 22.0. The van der Waals surface area contributed by atoms with Crippen LogP contribution in [0.5, 0.6) is 0 Å². The molecule has 88 heavy (non-hydrogen) atoms. The molecule has 11 aromatic rings. The maximum Gasteiger partial charge on any atom is 0.0736 e. The molecule has 12 heteroatoms. The van der Waals surface area contributed by atoms with Crippen molar-refractivity contribution in [1.29, 1.82) is 0 Å². The highest BCUT2D eigenvalue weighted by atomic mass is 32.2. The highest BCUT2D eigenvalue weighted by Gasteiger charge is 2.29. The van der Waals surface area contributed by atoms with E-state index in [1.807, 2.05) is 47.0 Å². The van der Waals surface area contributed by atoms with Gasteiger partial charge < -0.3 is 29.6 Å². The first-order valence-electron chi connectivity index (χ1n) is 30.3. The summed E-state index contributed by atoms with van der Waals surface area (Å²) < 4.78 is 0. The standard InChI is InChI=1S/C76H58N8S4/c1-5-81-61-17-9-13-21-69(61)85-73-33-45(25-29-65(73)81)53-37-49-42-58-55(47-27-31-67-75(35-47)87-71-23-15-11-19-63(71)83(67)7-3)39-51(79-58)44-60-56(48-28-32-68-76(36-48)88-72-24-16-12-20-64(72)84(68)8-4)40-52(80-60)43-59-54(38-50(78-59)41-57(53)77-49)46-26-30-66-74(34-46)86-70-22-14-10-18-62(70)82(66)6-2/h9-44,77,80H,5-8H2,1-4H3. The molecule has 426 valence electrons. The minimum Gasteiger partial charge on any atom is -0.355 e.